The summed E-state index contributed by atoms with van der Waals surface area (Å²) in [5, 5.41) is 0. The number of piperidine rings is 1. The summed E-state index contributed by atoms with van der Waals surface area (Å²) in [5.41, 5.74) is 7.94. The number of rotatable bonds is 3. The lowest BCUT2D eigenvalue weighted by Crippen LogP contribution is -2.59. The van der Waals surface area contributed by atoms with Crippen molar-refractivity contribution in [1.29, 1.82) is 0 Å². The Kier molecular flexibility index (Phi) is 5.35. The van der Waals surface area contributed by atoms with Crippen LogP contribution in [0.2, 0.25) is 0 Å². The normalized spacial score (nSPS) is 23.0. The molecule has 1 aromatic rings. The van der Waals surface area contributed by atoms with E-state index in [9.17, 15) is 4.79 Å². The van der Waals surface area contributed by atoms with Crippen LogP contribution in [0.4, 0.5) is 5.69 Å². The van der Waals surface area contributed by atoms with Crippen LogP contribution in [-0.2, 0) is 4.79 Å². The molecule has 1 amide bonds. The highest BCUT2D eigenvalue weighted by molar-refractivity contribution is 5.85. The molecule has 2 aliphatic heterocycles. The number of benzene rings is 1. The highest BCUT2D eigenvalue weighted by Crippen LogP contribution is 2.24. The number of piperazine rings is 1. The van der Waals surface area contributed by atoms with Crippen LogP contribution in [-0.4, -0.2) is 66.6 Å². The number of hydrogen-bond acceptors (Lipinski definition) is 4. The molecular formula is C20H32N4O. The molecule has 2 saturated heterocycles. The standard InChI is InChI=1S/C20H32N4O/c1-16-7-4-5-9-18(16)23-13-11-22(12-14-23)17-8-6-10-24(15-17)19(25)20(2,3)21/h4-5,7,9,17H,6,8,10-15,21H2,1-3H3/t17-/m0/s1. The maximum atomic E-state index is 12.5. The summed E-state index contributed by atoms with van der Waals surface area (Å²) >= 11 is 0. The molecule has 0 bridgehead atoms. The van der Waals surface area contributed by atoms with E-state index in [1.807, 2.05) is 4.90 Å². The number of hydrogen-bond donors (Lipinski definition) is 1. The minimum absolute atomic E-state index is 0.0794. The summed E-state index contributed by atoms with van der Waals surface area (Å²) in [5.74, 6) is 0.0794. The zero-order chi connectivity index (χ0) is 18.0. The van der Waals surface area contributed by atoms with Gasteiger partial charge in [-0.3, -0.25) is 9.69 Å². The van der Waals surface area contributed by atoms with Crippen molar-refractivity contribution in [3.8, 4) is 0 Å². The summed E-state index contributed by atoms with van der Waals surface area (Å²) in [4.78, 5) is 19.5. The number of carbonyl (C=O) groups is 1. The Morgan fingerprint density at radius 3 is 2.44 bits per heavy atom. The Morgan fingerprint density at radius 1 is 1.12 bits per heavy atom. The van der Waals surface area contributed by atoms with E-state index in [0.29, 0.717) is 6.04 Å². The molecule has 2 N–H and O–H groups in total. The molecule has 0 aromatic heterocycles. The predicted molar refractivity (Wildman–Crippen MR) is 103 cm³/mol. The van der Waals surface area contributed by atoms with Gasteiger partial charge in [0, 0.05) is 51.0 Å². The third-order valence-electron chi connectivity index (χ3n) is 5.52. The second-order valence-electron chi connectivity index (χ2n) is 8.08. The number of amides is 1. The van der Waals surface area contributed by atoms with Crippen LogP contribution in [0.5, 0.6) is 0 Å². The van der Waals surface area contributed by atoms with Crippen LogP contribution in [0.25, 0.3) is 0 Å². The summed E-state index contributed by atoms with van der Waals surface area (Å²) < 4.78 is 0. The molecule has 0 unspecified atom stereocenters. The first-order chi connectivity index (χ1) is 11.9. The lowest BCUT2D eigenvalue weighted by molar-refractivity contribution is -0.138. The van der Waals surface area contributed by atoms with Crippen LogP contribution in [0, 0.1) is 6.92 Å². The zero-order valence-electron chi connectivity index (χ0n) is 15.9. The Bertz CT molecular complexity index is 602. The highest BCUT2D eigenvalue weighted by atomic mass is 16.2. The van der Waals surface area contributed by atoms with Crippen LogP contribution in [0.1, 0.15) is 32.3 Å². The molecule has 1 aromatic carbocycles. The van der Waals surface area contributed by atoms with Gasteiger partial charge < -0.3 is 15.5 Å². The molecule has 0 aliphatic carbocycles. The van der Waals surface area contributed by atoms with Gasteiger partial charge in [-0.15, -0.1) is 0 Å². The third-order valence-corrected chi connectivity index (χ3v) is 5.52. The predicted octanol–water partition coefficient (Wildman–Crippen LogP) is 1.85. The Hall–Kier alpha value is -1.59. The van der Waals surface area contributed by atoms with Crippen LogP contribution >= 0.6 is 0 Å². The average molecular weight is 345 g/mol. The van der Waals surface area contributed by atoms with Gasteiger partial charge in [-0.25, -0.2) is 0 Å². The van der Waals surface area contributed by atoms with Crippen molar-refractivity contribution in [3.63, 3.8) is 0 Å². The zero-order valence-corrected chi connectivity index (χ0v) is 15.9. The highest BCUT2D eigenvalue weighted by Gasteiger charge is 2.34. The van der Waals surface area contributed by atoms with E-state index in [1.54, 1.807) is 13.8 Å². The number of aryl methyl sites for hydroxylation is 1. The van der Waals surface area contributed by atoms with E-state index in [1.165, 1.54) is 17.7 Å². The monoisotopic (exact) mass is 344 g/mol. The lowest BCUT2D eigenvalue weighted by atomic mass is 9.99. The number of anilines is 1. The molecule has 3 rings (SSSR count). The Morgan fingerprint density at radius 2 is 1.80 bits per heavy atom. The van der Waals surface area contributed by atoms with Gasteiger partial charge in [0.1, 0.15) is 0 Å². The van der Waals surface area contributed by atoms with Crippen molar-refractivity contribution in [2.75, 3.05) is 44.2 Å². The van der Waals surface area contributed by atoms with Gasteiger partial charge in [0.05, 0.1) is 5.54 Å². The molecule has 0 radical (unpaired) electrons. The molecule has 138 valence electrons. The number of likely N-dealkylation sites (tertiary alicyclic amines) is 1. The summed E-state index contributed by atoms with van der Waals surface area (Å²) in [6.07, 6.45) is 2.25. The first-order valence-electron chi connectivity index (χ1n) is 9.49. The molecule has 2 heterocycles. The molecular weight excluding hydrogens is 312 g/mol. The fraction of sp³-hybridized carbons (Fsp3) is 0.650. The topological polar surface area (TPSA) is 52.8 Å². The van der Waals surface area contributed by atoms with E-state index in [-0.39, 0.29) is 5.91 Å². The van der Waals surface area contributed by atoms with Crippen LogP contribution < -0.4 is 10.6 Å². The van der Waals surface area contributed by atoms with Gasteiger partial charge in [0.15, 0.2) is 0 Å². The summed E-state index contributed by atoms with van der Waals surface area (Å²) in [7, 11) is 0. The molecule has 0 saturated carbocycles. The Labute approximate surface area is 151 Å². The first-order valence-corrected chi connectivity index (χ1v) is 9.49. The summed E-state index contributed by atoms with van der Waals surface area (Å²) in [6.45, 7) is 11.7. The number of nitrogens with zero attached hydrogens (tertiary/aromatic N) is 3. The smallest absolute Gasteiger partial charge is 0.242 e. The first kappa shape index (κ1) is 18.2. The largest absolute Gasteiger partial charge is 0.369 e. The van der Waals surface area contributed by atoms with E-state index in [2.05, 4.69) is 41.0 Å². The second-order valence-corrected chi connectivity index (χ2v) is 8.08. The van der Waals surface area contributed by atoms with Crippen molar-refractivity contribution >= 4 is 11.6 Å². The van der Waals surface area contributed by atoms with Gasteiger partial charge in [-0.1, -0.05) is 18.2 Å². The fourth-order valence-electron chi connectivity index (χ4n) is 4.09. The van der Waals surface area contributed by atoms with E-state index < -0.39 is 5.54 Å². The second kappa shape index (κ2) is 7.34. The SMILES string of the molecule is Cc1ccccc1N1CCN([C@H]2CCCN(C(=O)C(C)(C)N)C2)CC1. The maximum Gasteiger partial charge on any atom is 0.242 e. The molecule has 1 atom stereocenters. The van der Waals surface area contributed by atoms with Crippen molar-refractivity contribution in [2.24, 2.45) is 5.73 Å². The summed E-state index contributed by atoms with van der Waals surface area (Å²) in [6, 6.07) is 9.09. The Balaban J connectivity index is 1.58. The number of carbonyl (C=O) groups excluding carboxylic acids is 1. The number of para-hydroxylation sites is 1. The molecule has 2 fully saturated rings. The van der Waals surface area contributed by atoms with Gasteiger partial charge in [0.25, 0.3) is 0 Å². The molecule has 5 heteroatoms. The molecule has 2 aliphatic rings. The van der Waals surface area contributed by atoms with Crippen LogP contribution in [0.15, 0.2) is 24.3 Å². The van der Waals surface area contributed by atoms with E-state index in [0.717, 1.165) is 45.7 Å². The fourth-order valence-corrected chi connectivity index (χ4v) is 4.09. The van der Waals surface area contributed by atoms with Crippen LogP contribution in [0.3, 0.4) is 0 Å². The van der Waals surface area contributed by atoms with Crippen molar-refractivity contribution in [1.82, 2.24) is 9.80 Å². The van der Waals surface area contributed by atoms with Gasteiger partial charge >= 0.3 is 0 Å². The molecule has 0 spiro atoms. The lowest BCUT2D eigenvalue weighted by Gasteiger charge is -2.45. The maximum absolute atomic E-state index is 12.5. The molecule has 25 heavy (non-hydrogen) atoms. The van der Waals surface area contributed by atoms with Crippen molar-refractivity contribution < 1.29 is 4.79 Å². The third kappa shape index (κ3) is 4.15. The van der Waals surface area contributed by atoms with Gasteiger partial charge in [-0.05, 0) is 45.2 Å². The van der Waals surface area contributed by atoms with E-state index in [4.69, 9.17) is 5.73 Å². The van der Waals surface area contributed by atoms with Crippen molar-refractivity contribution in [2.45, 2.75) is 45.2 Å². The average Bonchev–Trinajstić information content (AvgIpc) is 2.61. The van der Waals surface area contributed by atoms with E-state index >= 15 is 0 Å². The molecule has 5 nitrogen and oxygen atoms in total. The van der Waals surface area contributed by atoms with Gasteiger partial charge in [-0.2, -0.15) is 0 Å². The van der Waals surface area contributed by atoms with Gasteiger partial charge in [0.2, 0.25) is 5.91 Å². The minimum atomic E-state index is -0.772. The number of nitrogens with two attached hydrogens (primary N) is 1. The minimum Gasteiger partial charge on any atom is -0.369 e. The quantitative estimate of drug-likeness (QED) is 0.909. The van der Waals surface area contributed by atoms with Crippen molar-refractivity contribution in [3.05, 3.63) is 29.8 Å².